The first-order chi connectivity index (χ1) is 20.5. The molecule has 43 heavy (non-hydrogen) atoms. The van der Waals surface area contributed by atoms with E-state index in [0.717, 1.165) is 16.8 Å². The second-order valence-corrected chi connectivity index (χ2v) is 11.4. The molecule has 0 unspecified atom stereocenters. The number of nitrogens with zero attached hydrogens (tertiary/aromatic N) is 3. The van der Waals surface area contributed by atoms with Crippen molar-refractivity contribution in [2.75, 3.05) is 11.9 Å². The quantitative estimate of drug-likeness (QED) is 0.106. The fraction of sp³-hybridized carbons (Fsp3) is 0.0667. The van der Waals surface area contributed by atoms with Crippen LogP contribution in [0.25, 0.3) is 22.3 Å². The van der Waals surface area contributed by atoms with Gasteiger partial charge in [-0.15, -0.1) is 0 Å². The molecule has 0 saturated carbocycles. The van der Waals surface area contributed by atoms with Crippen molar-refractivity contribution in [2.45, 2.75) is 6.18 Å². The maximum atomic E-state index is 13.4. The van der Waals surface area contributed by atoms with Crippen LogP contribution >= 0.6 is 45.2 Å². The predicted molar refractivity (Wildman–Crippen MR) is 172 cm³/mol. The van der Waals surface area contributed by atoms with Gasteiger partial charge in [-0.2, -0.15) is 22.9 Å². The van der Waals surface area contributed by atoms with Gasteiger partial charge in [0.2, 0.25) is 0 Å². The fourth-order valence-corrected chi connectivity index (χ4v) is 6.20. The van der Waals surface area contributed by atoms with Crippen molar-refractivity contribution in [2.24, 2.45) is 5.10 Å². The summed E-state index contributed by atoms with van der Waals surface area (Å²) in [4.78, 5) is 30.2. The van der Waals surface area contributed by atoms with Crippen LogP contribution in [0, 0.1) is 13.0 Å². The molecule has 7 nitrogen and oxygen atoms in total. The average Bonchev–Trinajstić information content (AvgIpc) is 2.96. The van der Waals surface area contributed by atoms with E-state index in [1.54, 1.807) is 42.5 Å². The van der Waals surface area contributed by atoms with Gasteiger partial charge in [0, 0.05) is 11.3 Å². The van der Waals surface area contributed by atoms with Crippen LogP contribution in [0.1, 0.15) is 11.1 Å². The van der Waals surface area contributed by atoms with Crippen LogP contribution in [0.2, 0.25) is 0 Å². The number of carbonyl (C=O) groups excluding carboxylic acids is 1. The second-order valence-electron chi connectivity index (χ2n) is 9.05. The molecule has 1 N–H and O–H groups in total. The van der Waals surface area contributed by atoms with Crippen molar-refractivity contribution in [1.82, 2.24) is 9.66 Å². The summed E-state index contributed by atoms with van der Waals surface area (Å²) in [5.74, 6) is -0.585. The van der Waals surface area contributed by atoms with Crippen LogP contribution in [0.4, 0.5) is 23.2 Å². The molecular weight excluding hydrogens is 794 g/mol. The SMILES string of the molecule is O=C(COc1c(I)cc(C=Nn2c(-c3cccc(C(F)(F)F)c3)nc3ccccc3c2=O)cc1I)Nc1cccc(F)c1. The third-order valence-electron chi connectivity index (χ3n) is 6.00. The van der Waals surface area contributed by atoms with Gasteiger partial charge in [0.05, 0.1) is 29.8 Å². The topological polar surface area (TPSA) is 85.6 Å². The molecule has 0 saturated heterocycles. The smallest absolute Gasteiger partial charge is 0.416 e. The molecule has 1 amide bonds. The van der Waals surface area contributed by atoms with Crippen LogP contribution in [0.3, 0.4) is 0 Å². The monoisotopic (exact) mass is 812 g/mol. The zero-order valence-electron chi connectivity index (χ0n) is 21.7. The van der Waals surface area contributed by atoms with Gasteiger partial charge < -0.3 is 10.1 Å². The summed E-state index contributed by atoms with van der Waals surface area (Å²) >= 11 is 4.05. The summed E-state index contributed by atoms with van der Waals surface area (Å²) in [6.07, 6.45) is -3.20. The van der Waals surface area contributed by atoms with Crippen LogP contribution < -0.4 is 15.6 Å². The van der Waals surface area contributed by atoms with Gasteiger partial charge in [-0.1, -0.05) is 30.3 Å². The molecule has 5 aromatic rings. The molecule has 5 rings (SSSR count). The highest BCUT2D eigenvalue weighted by atomic mass is 127. The number of ether oxygens (including phenoxy) is 1. The molecule has 0 atom stereocenters. The van der Waals surface area contributed by atoms with E-state index in [2.05, 4.69) is 15.4 Å². The molecule has 218 valence electrons. The lowest BCUT2D eigenvalue weighted by Gasteiger charge is -2.13. The summed E-state index contributed by atoms with van der Waals surface area (Å²) < 4.78 is 61.6. The number of nitrogens with one attached hydrogen (secondary N) is 1. The molecule has 0 aliphatic rings. The zero-order valence-corrected chi connectivity index (χ0v) is 26.0. The van der Waals surface area contributed by atoms with Crippen molar-refractivity contribution in [3.05, 3.63) is 119 Å². The molecule has 1 aromatic heterocycles. The number of fused-ring (bicyclic) bond motifs is 1. The summed E-state index contributed by atoms with van der Waals surface area (Å²) in [5, 5.41) is 7.14. The Kier molecular flexibility index (Phi) is 9.10. The lowest BCUT2D eigenvalue weighted by molar-refractivity contribution is -0.137. The number of hydrogen-bond acceptors (Lipinski definition) is 5. The number of benzene rings is 4. The first-order valence-corrected chi connectivity index (χ1v) is 14.6. The van der Waals surface area contributed by atoms with Crippen LogP contribution in [0.5, 0.6) is 5.75 Å². The van der Waals surface area contributed by atoms with Gasteiger partial charge in [0.15, 0.2) is 12.4 Å². The lowest BCUT2D eigenvalue weighted by Crippen LogP contribution is -2.21. The Balaban J connectivity index is 1.44. The van der Waals surface area contributed by atoms with Gasteiger partial charge >= 0.3 is 6.18 Å². The number of para-hydroxylation sites is 1. The molecule has 0 spiro atoms. The summed E-state index contributed by atoms with van der Waals surface area (Å²) in [5.41, 5.74) is -0.194. The van der Waals surface area contributed by atoms with E-state index in [-0.39, 0.29) is 23.4 Å². The average molecular weight is 812 g/mol. The Labute approximate surface area is 268 Å². The van der Waals surface area contributed by atoms with E-state index in [4.69, 9.17) is 4.74 Å². The highest BCUT2D eigenvalue weighted by Crippen LogP contribution is 2.32. The summed E-state index contributed by atoms with van der Waals surface area (Å²) in [6, 6.07) is 19.9. The van der Waals surface area contributed by atoms with Gasteiger partial charge in [-0.3, -0.25) is 9.59 Å². The zero-order chi connectivity index (χ0) is 30.7. The van der Waals surface area contributed by atoms with E-state index in [0.29, 0.717) is 29.7 Å². The van der Waals surface area contributed by atoms with Crippen molar-refractivity contribution in [1.29, 1.82) is 0 Å². The minimum Gasteiger partial charge on any atom is -0.482 e. The Morgan fingerprint density at radius 2 is 1.70 bits per heavy atom. The van der Waals surface area contributed by atoms with E-state index < -0.39 is 29.0 Å². The van der Waals surface area contributed by atoms with E-state index in [1.165, 1.54) is 36.5 Å². The van der Waals surface area contributed by atoms with Crippen LogP contribution in [-0.4, -0.2) is 28.4 Å². The molecular formula is C30H18F4I2N4O3. The summed E-state index contributed by atoms with van der Waals surface area (Å²) in [6.45, 7) is -0.325. The largest absolute Gasteiger partial charge is 0.482 e. The Morgan fingerprint density at radius 1 is 0.977 bits per heavy atom. The number of rotatable bonds is 7. The van der Waals surface area contributed by atoms with Gasteiger partial charge in [0.25, 0.3) is 11.5 Å². The van der Waals surface area contributed by atoms with Crippen molar-refractivity contribution < 1.29 is 27.1 Å². The van der Waals surface area contributed by atoms with Crippen molar-refractivity contribution in [3.8, 4) is 17.1 Å². The Morgan fingerprint density at radius 3 is 2.42 bits per heavy atom. The number of amides is 1. The molecule has 1 heterocycles. The molecule has 0 aliphatic heterocycles. The minimum absolute atomic E-state index is 0.0558. The number of anilines is 1. The Bertz CT molecular complexity index is 1920. The third-order valence-corrected chi connectivity index (χ3v) is 7.60. The number of alkyl halides is 3. The maximum absolute atomic E-state index is 13.4. The highest BCUT2D eigenvalue weighted by molar-refractivity contribution is 14.1. The van der Waals surface area contributed by atoms with Gasteiger partial charge in [-0.25, -0.2) is 9.37 Å². The van der Waals surface area contributed by atoms with E-state index in [1.807, 2.05) is 45.2 Å². The van der Waals surface area contributed by atoms with Crippen molar-refractivity contribution in [3.63, 3.8) is 0 Å². The number of aromatic nitrogens is 2. The molecule has 0 radical (unpaired) electrons. The normalized spacial score (nSPS) is 11.7. The number of halogens is 6. The molecule has 0 bridgehead atoms. The highest BCUT2D eigenvalue weighted by Gasteiger charge is 2.31. The lowest BCUT2D eigenvalue weighted by atomic mass is 10.1. The maximum Gasteiger partial charge on any atom is 0.416 e. The standard InChI is InChI=1S/C30H18F4I2N4O3/c31-20-7-4-8-21(14-20)38-26(41)16-43-27-23(35)11-17(12-24(27)36)15-37-40-28(18-5-3-6-19(13-18)30(32,33)34)39-25-10-2-1-9-22(25)29(40)42/h1-15H,16H2,(H,38,41). The third kappa shape index (κ3) is 7.21. The second kappa shape index (κ2) is 12.8. The van der Waals surface area contributed by atoms with Crippen LogP contribution in [0.15, 0.2) is 94.8 Å². The molecule has 13 heteroatoms. The minimum atomic E-state index is -4.58. The van der Waals surface area contributed by atoms with Gasteiger partial charge in [-0.05, 0) is 105 Å². The first-order valence-electron chi connectivity index (χ1n) is 12.4. The van der Waals surface area contributed by atoms with Crippen molar-refractivity contribution >= 4 is 73.9 Å². The fourth-order valence-electron chi connectivity index (χ4n) is 4.07. The van der Waals surface area contributed by atoms with E-state index >= 15 is 0 Å². The number of hydrogen-bond donors (Lipinski definition) is 1. The number of carbonyl (C=O) groups is 1. The van der Waals surface area contributed by atoms with Crippen LogP contribution in [-0.2, 0) is 11.0 Å². The Hall–Kier alpha value is -3.86. The molecule has 4 aromatic carbocycles. The molecule has 0 fully saturated rings. The first kappa shape index (κ1) is 30.6. The van der Waals surface area contributed by atoms with E-state index in [9.17, 15) is 27.2 Å². The molecule has 0 aliphatic carbocycles. The summed E-state index contributed by atoms with van der Waals surface area (Å²) in [7, 11) is 0. The van der Waals surface area contributed by atoms with Gasteiger partial charge in [0.1, 0.15) is 11.6 Å². The predicted octanol–water partition coefficient (Wildman–Crippen LogP) is 7.33.